The lowest BCUT2D eigenvalue weighted by Gasteiger charge is -2.20. The first-order valence-corrected chi connectivity index (χ1v) is 7.74. The summed E-state index contributed by atoms with van der Waals surface area (Å²) in [5.74, 6) is 0.328. The molecular weight excluding hydrogens is 292 g/mol. The van der Waals surface area contributed by atoms with Gasteiger partial charge in [-0.05, 0) is 32.9 Å². The minimum atomic E-state index is -0.250. The second-order valence-electron chi connectivity index (χ2n) is 5.56. The predicted octanol–water partition coefficient (Wildman–Crippen LogP) is 4.08. The summed E-state index contributed by atoms with van der Waals surface area (Å²) in [5, 5.41) is 5.77. The number of hydrogen-bond acceptors (Lipinski definition) is 3. The van der Waals surface area contributed by atoms with Gasteiger partial charge in [0.15, 0.2) is 0 Å². The number of carbonyl (C=O) groups is 1. The summed E-state index contributed by atoms with van der Waals surface area (Å²) in [6.07, 6.45) is 0. The van der Waals surface area contributed by atoms with Crippen LogP contribution in [0, 0.1) is 0 Å². The molecule has 20 heavy (non-hydrogen) atoms. The maximum Gasteiger partial charge on any atom is 0.251 e. The Balaban J connectivity index is 2.26. The van der Waals surface area contributed by atoms with Crippen molar-refractivity contribution in [1.82, 2.24) is 10.3 Å². The quantitative estimate of drug-likeness (QED) is 0.868. The fourth-order valence-electron chi connectivity index (χ4n) is 1.71. The van der Waals surface area contributed by atoms with Crippen LogP contribution in [0.2, 0.25) is 0 Å². The molecule has 0 saturated carbocycles. The minimum Gasteiger partial charge on any atom is -0.347 e. The van der Waals surface area contributed by atoms with Gasteiger partial charge in [0.05, 0.1) is 11.6 Å². The van der Waals surface area contributed by atoms with E-state index in [9.17, 15) is 4.79 Å². The number of halogens is 1. The summed E-state index contributed by atoms with van der Waals surface area (Å²) in [6, 6.07) is 7.48. The number of aromatic nitrogens is 1. The monoisotopic (exact) mass is 308 g/mol. The summed E-state index contributed by atoms with van der Waals surface area (Å²) in [4.78, 5) is 16.6. The molecule has 0 saturated heterocycles. The lowest BCUT2D eigenvalue weighted by atomic mass is 10.1. The second kappa shape index (κ2) is 5.94. The average Bonchev–Trinajstić information content (AvgIpc) is 2.85. The zero-order valence-electron chi connectivity index (χ0n) is 11.7. The topological polar surface area (TPSA) is 42.0 Å². The van der Waals surface area contributed by atoms with E-state index in [1.165, 1.54) is 11.3 Å². The summed E-state index contributed by atoms with van der Waals surface area (Å²) >= 11 is 7.30. The SMILES string of the molecule is CC(C)(C)NC(=O)c1cccc(-c2nc(CCl)cs2)c1. The van der Waals surface area contributed by atoms with E-state index in [1.54, 1.807) is 6.07 Å². The molecule has 0 atom stereocenters. The van der Waals surface area contributed by atoms with Crippen LogP contribution in [0.15, 0.2) is 29.6 Å². The van der Waals surface area contributed by atoms with Crippen LogP contribution >= 0.6 is 22.9 Å². The van der Waals surface area contributed by atoms with Crippen LogP contribution in [0.5, 0.6) is 0 Å². The highest BCUT2D eigenvalue weighted by atomic mass is 35.5. The number of nitrogens with zero attached hydrogens (tertiary/aromatic N) is 1. The fraction of sp³-hybridized carbons (Fsp3) is 0.333. The van der Waals surface area contributed by atoms with E-state index >= 15 is 0 Å². The number of nitrogens with one attached hydrogen (secondary N) is 1. The highest BCUT2D eigenvalue weighted by Crippen LogP contribution is 2.25. The minimum absolute atomic E-state index is 0.0755. The number of hydrogen-bond donors (Lipinski definition) is 1. The van der Waals surface area contributed by atoms with Crippen molar-refractivity contribution < 1.29 is 4.79 Å². The van der Waals surface area contributed by atoms with E-state index < -0.39 is 0 Å². The predicted molar refractivity (Wildman–Crippen MR) is 84.3 cm³/mol. The van der Waals surface area contributed by atoms with Crippen LogP contribution in [0.25, 0.3) is 10.6 Å². The van der Waals surface area contributed by atoms with E-state index in [0.717, 1.165) is 16.3 Å². The number of rotatable bonds is 3. The first-order chi connectivity index (χ1) is 9.39. The number of amides is 1. The molecule has 1 aromatic carbocycles. The van der Waals surface area contributed by atoms with Gasteiger partial charge in [-0.1, -0.05) is 12.1 Å². The molecule has 0 fully saturated rings. The Labute approximate surface area is 128 Å². The third-order valence-corrected chi connectivity index (χ3v) is 3.76. The Morgan fingerprint density at radius 2 is 2.15 bits per heavy atom. The van der Waals surface area contributed by atoms with Crippen molar-refractivity contribution in [2.45, 2.75) is 32.2 Å². The second-order valence-corrected chi connectivity index (χ2v) is 6.69. The molecule has 1 N–H and O–H groups in total. The van der Waals surface area contributed by atoms with Gasteiger partial charge in [-0.15, -0.1) is 22.9 Å². The lowest BCUT2D eigenvalue weighted by Crippen LogP contribution is -2.40. The summed E-state index contributed by atoms with van der Waals surface area (Å²) < 4.78 is 0. The van der Waals surface area contributed by atoms with Crippen molar-refractivity contribution in [3.8, 4) is 10.6 Å². The molecule has 106 valence electrons. The van der Waals surface area contributed by atoms with Gasteiger partial charge in [-0.25, -0.2) is 4.98 Å². The largest absolute Gasteiger partial charge is 0.347 e. The highest BCUT2D eigenvalue weighted by molar-refractivity contribution is 7.13. The molecule has 2 aromatic rings. The molecule has 0 aliphatic rings. The maximum absolute atomic E-state index is 12.2. The van der Waals surface area contributed by atoms with Gasteiger partial charge in [-0.3, -0.25) is 4.79 Å². The number of benzene rings is 1. The molecule has 0 bridgehead atoms. The normalized spacial score (nSPS) is 11.4. The molecule has 1 heterocycles. The van der Waals surface area contributed by atoms with Gasteiger partial charge in [0.2, 0.25) is 0 Å². The lowest BCUT2D eigenvalue weighted by molar-refractivity contribution is 0.0919. The van der Waals surface area contributed by atoms with Crippen LogP contribution in [-0.4, -0.2) is 16.4 Å². The van der Waals surface area contributed by atoms with Gasteiger partial charge in [-0.2, -0.15) is 0 Å². The van der Waals surface area contributed by atoms with Crippen molar-refractivity contribution in [3.63, 3.8) is 0 Å². The molecule has 0 radical (unpaired) electrons. The Kier molecular flexibility index (Phi) is 4.45. The van der Waals surface area contributed by atoms with E-state index in [4.69, 9.17) is 11.6 Å². The van der Waals surface area contributed by atoms with Crippen LogP contribution in [-0.2, 0) is 5.88 Å². The molecule has 5 heteroatoms. The third kappa shape index (κ3) is 3.81. The maximum atomic E-state index is 12.2. The van der Waals surface area contributed by atoms with Gasteiger partial charge in [0.1, 0.15) is 5.01 Å². The van der Waals surface area contributed by atoms with Crippen molar-refractivity contribution in [1.29, 1.82) is 0 Å². The molecule has 0 spiro atoms. The average molecular weight is 309 g/mol. The zero-order valence-corrected chi connectivity index (χ0v) is 13.3. The van der Waals surface area contributed by atoms with Crippen molar-refractivity contribution >= 4 is 28.8 Å². The number of alkyl halides is 1. The van der Waals surface area contributed by atoms with Crippen LogP contribution < -0.4 is 5.32 Å². The van der Waals surface area contributed by atoms with Crippen LogP contribution in [0.1, 0.15) is 36.8 Å². The van der Waals surface area contributed by atoms with Crippen molar-refractivity contribution in [2.24, 2.45) is 0 Å². The molecule has 2 rings (SSSR count). The molecule has 0 aliphatic heterocycles. The Hall–Kier alpha value is -1.39. The summed E-state index contributed by atoms with van der Waals surface area (Å²) in [6.45, 7) is 5.88. The zero-order chi connectivity index (χ0) is 14.8. The standard InChI is InChI=1S/C15H17ClN2OS/c1-15(2,3)18-13(19)10-5-4-6-11(7-10)14-17-12(8-16)9-20-14/h4-7,9H,8H2,1-3H3,(H,18,19). The smallest absolute Gasteiger partial charge is 0.251 e. The molecule has 1 aromatic heterocycles. The molecule has 0 unspecified atom stereocenters. The highest BCUT2D eigenvalue weighted by Gasteiger charge is 2.16. The fourth-order valence-corrected chi connectivity index (χ4v) is 2.75. The van der Waals surface area contributed by atoms with Crippen LogP contribution in [0.3, 0.4) is 0 Å². The first-order valence-electron chi connectivity index (χ1n) is 6.32. The van der Waals surface area contributed by atoms with Crippen molar-refractivity contribution in [2.75, 3.05) is 0 Å². The first kappa shape index (κ1) is 15.0. The Bertz CT molecular complexity index is 616. The number of thiazole rings is 1. The van der Waals surface area contributed by atoms with E-state index in [2.05, 4.69) is 10.3 Å². The van der Waals surface area contributed by atoms with E-state index in [-0.39, 0.29) is 11.4 Å². The van der Waals surface area contributed by atoms with Gasteiger partial charge in [0, 0.05) is 22.0 Å². The molecule has 1 amide bonds. The van der Waals surface area contributed by atoms with Gasteiger partial charge < -0.3 is 5.32 Å². The Morgan fingerprint density at radius 1 is 1.40 bits per heavy atom. The molecule has 0 aliphatic carbocycles. The molecule has 3 nitrogen and oxygen atoms in total. The van der Waals surface area contributed by atoms with Gasteiger partial charge >= 0.3 is 0 Å². The molecular formula is C15H17ClN2OS. The van der Waals surface area contributed by atoms with Crippen molar-refractivity contribution in [3.05, 3.63) is 40.9 Å². The van der Waals surface area contributed by atoms with E-state index in [1.807, 2.05) is 44.4 Å². The number of carbonyl (C=O) groups excluding carboxylic acids is 1. The van der Waals surface area contributed by atoms with E-state index in [0.29, 0.717) is 11.4 Å². The van der Waals surface area contributed by atoms with Crippen LogP contribution in [0.4, 0.5) is 0 Å². The van der Waals surface area contributed by atoms with Gasteiger partial charge in [0.25, 0.3) is 5.91 Å². The summed E-state index contributed by atoms with van der Waals surface area (Å²) in [5.41, 5.74) is 2.18. The third-order valence-electron chi connectivity index (χ3n) is 2.55. The Morgan fingerprint density at radius 3 is 2.75 bits per heavy atom. The summed E-state index contributed by atoms with van der Waals surface area (Å²) in [7, 11) is 0.